The van der Waals surface area contributed by atoms with Crippen molar-refractivity contribution in [2.24, 2.45) is 5.10 Å². The fourth-order valence-electron chi connectivity index (χ4n) is 2.88. The van der Waals surface area contributed by atoms with Crippen LogP contribution in [0.15, 0.2) is 59.7 Å². The van der Waals surface area contributed by atoms with Gasteiger partial charge in [-0.05, 0) is 25.0 Å². The van der Waals surface area contributed by atoms with Gasteiger partial charge in [-0.25, -0.2) is 0 Å². The highest BCUT2D eigenvalue weighted by atomic mass is 16.3. The van der Waals surface area contributed by atoms with Crippen molar-refractivity contribution in [3.8, 4) is 0 Å². The van der Waals surface area contributed by atoms with Gasteiger partial charge < -0.3 is 5.11 Å². The minimum Gasteiger partial charge on any atom is -0.365 e. The Labute approximate surface area is 136 Å². The molecule has 23 heavy (non-hydrogen) atoms. The molecule has 1 aliphatic heterocycles. The Morgan fingerprint density at radius 2 is 1.83 bits per heavy atom. The van der Waals surface area contributed by atoms with Crippen LogP contribution in [0.3, 0.4) is 0 Å². The van der Waals surface area contributed by atoms with E-state index in [-0.39, 0.29) is 5.91 Å². The number of nitrogens with zero attached hydrogens (tertiary/aromatic N) is 2. The molecule has 3 rings (SSSR count). The summed E-state index contributed by atoms with van der Waals surface area (Å²) in [5, 5.41) is 16.9. The summed E-state index contributed by atoms with van der Waals surface area (Å²) in [6.07, 6.45) is 1.04. The molecule has 0 spiro atoms. The lowest BCUT2D eigenvalue weighted by molar-refractivity contribution is -0.0765. The first-order valence-electron chi connectivity index (χ1n) is 7.80. The van der Waals surface area contributed by atoms with Gasteiger partial charge in [0.2, 0.25) is 0 Å². The van der Waals surface area contributed by atoms with Crippen molar-refractivity contribution in [3.63, 3.8) is 0 Å². The highest BCUT2D eigenvalue weighted by molar-refractivity contribution is 5.99. The van der Waals surface area contributed by atoms with Gasteiger partial charge in [-0.2, -0.15) is 10.1 Å². The molecule has 1 heterocycles. The molecule has 118 valence electrons. The monoisotopic (exact) mass is 308 g/mol. The van der Waals surface area contributed by atoms with E-state index >= 15 is 0 Å². The predicted molar refractivity (Wildman–Crippen MR) is 90.0 cm³/mol. The average Bonchev–Trinajstić information content (AvgIpc) is 2.94. The number of aryl methyl sites for hydroxylation is 1. The third-order valence-electron chi connectivity index (χ3n) is 4.25. The molecule has 1 amide bonds. The molecule has 0 aromatic heterocycles. The number of carbonyl (C=O) groups is 1. The van der Waals surface area contributed by atoms with Crippen molar-refractivity contribution in [2.75, 3.05) is 0 Å². The van der Waals surface area contributed by atoms with E-state index in [1.165, 1.54) is 5.01 Å². The number of hydrogen-bond acceptors (Lipinski definition) is 3. The summed E-state index contributed by atoms with van der Waals surface area (Å²) >= 11 is 0. The molecule has 0 saturated carbocycles. The summed E-state index contributed by atoms with van der Waals surface area (Å²) in [6.45, 7) is 3.86. The number of hydrogen-bond donors (Lipinski definition) is 1. The smallest absolute Gasteiger partial charge is 0.277 e. The van der Waals surface area contributed by atoms with E-state index in [4.69, 9.17) is 0 Å². The maximum absolute atomic E-state index is 13.0. The largest absolute Gasteiger partial charge is 0.365 e. The lowest BCUT2D eigenvalue weighted by Crippen LogP contribution is -2.43. The average molecular weight is 308 g/mol. The molecular weight excluding hydrogens is 288 g/mol. The molecule has 2 aromatic rings. The number of amides is 1. The zero-order valence-corrected chi connectivity index (χ0v) is 13.4. The van der Waals surface area contributed by atoms with Crippen molar-refractivity contribution in [2.45, 2.75) is 32.4 Å². The lowest BCUT2D eigenvalue weighted by Gasteiger charge is -2.31. The Bertz CT molecular complexity index is 755. The van der Waals surface area contributed by atoms with E-state index in [0.29, 0.717) is 24.0 Å². The van der Waals surface area contributed by atoms with E-state index in [1.807, 2.05) is 62.4 Å². The van der Waals surface area contributed by atoms with Crippen molar-refractivity contribution in [1.29, 1.82) is 0 Å². The molecule has 0 saturated heterocycles. The first-order chi connectivity index (χ1) is 11.1. The molecule has 0 aliphatic carbocycles. The molecule has 1 N–H and O–H groups in total. The van der Waals surface area contributed by atoms with E-state index in [0.717, 1.165) is 11.3 Å². The maximum atomic E-state index is 13.0. The fraction of sp³-hybridized carbons (Fsp3) is 0.263. The van der Waals surface area contributed by atoms with Gasteiger partial charge >= 0.3 is 0 Å². The summed E-state index contributed by atoms with van der Waals surface area (Å²) in [6, 6.07) is 16.6. The van der Waals surface area contributed by atoms with Crippen LogP contribution in [0, 0.1) is 6.92 Å². The van der Waals surface area contributed by atoms with Gasteiger partial charge in [-0.15, -0.1) is 0 Å². The fourth-order valence-corrected chi connectivity index (χ4v) is 2.88. The first-order valence-corrected chi connectivity index (χ1v) is 7.80. The van der Waals surface area contributed by atoms with Crippen LogP contribution >= 0.6 is 0 Å². The van der Waals surface area contributed by atoms with Gasteiger partial charge in [0.25, 0.3) is 5.91 Å². The van der Waals surface area contributed by atoms with Crippen LogP contribution in [0.2, 0.25) is 0 Å². The van der Waals surface area contributed by atoms with Gasteiger partial charge in [0.15, 0.2) is 5.72 Å². The van der Waals surface area contributed by atoms with Crippen LogP contribution < -0.4 is 0 Å². The quantitative estimate of drug-likeness (QED) is 0.944. The minimum atomic E-state index is -1.42. The standard InChI is InChI=1S/C19H20N2O2/c1-3-16-13-19(23,15-10-5-4-6-11-15)21(20-16)18(22)17-12-8-7-9-14(17)2/h4-12,23H,3,13H2,1-2H3. The van der Waals surface area contributed by atoms with E-state index < -0.39 is 5.72 Å². The number of aliphatic hydroxyl groups is 1. The molecule has 0 bridgehead atoms. The highest BCUT2D eigenvalue weighted by Gasteiger charge is 2.45. The van der Waals surface area contributed by atoms with Crippen LogP contribution in [0.1, 0.15) is 41.3 Å². The molecule has 4 heteroatoms. The summed E-state index contributed by atoms with van der Waals surface area (Å²) in [5.41, 5.74) is 1.50. The summed E-state index contributed by atoms with van der Waals surface area (Å²) in [4.78, 5) is 13.0. The highest BCUT2D eigenvalue weighted by Crippen LogP contribution is 2.37. The van der Waals surface area contributed by atoms with Crippen molar-refractivity contribution >= 4 is 11.6 Å². The van der Waals surface area contributed by atoms with E-state index in [9.17, 15) is 9.90 Å². The molecule has 0 radical (unpaired) electrons. The van der Waals surface area contributed by atoms with E-state index in [1.54, 1.807) is 6.07 Å². The molecule has 2 aromatic carbocycles. The van der Waals surface area contributed by atoms with Crippen molar-refractivity contribution < 1.29 is 9.90 Å². The number of carbonyl (C=O) groups excluding carboxylic acids is 1. The zero-order chi connectivity index (χ0) is 16.4. The second-order valence-corrected chi connectivity index (χ2v) is 5.81. The zero-order valence-electron chi connectivity index (χ0n) is 13.4. The SMILES string of the molecule is CCC1=NN(C(=O)c2ccccc2C)C(O)(c2ccccc2)C1. The lowest BCUT2D eigenvalue weighted by atomic mass is 9.96. The van der Waals surface area contributed by atoms with Crippen LogP contribution in [0.5, 0.6) is 0 Å². The minimum absolute atomic E-state index is 0.280. The third-order valence-corrected chi connectivity index (χ3v) is 4.25. The van der Waals surface area contributed by atoms with Crippen LogP contribution in [0.25, 0.3) is 0 Å². The number of rotatable bonds is 3. The number of hydrazone groups is 1. The number of benzene rings is 2. The normalized spacial score (nSPS) is 20.5. The van der Waals surface area contributed by atoms with Crippen LogP contribution in [-0.4, -0.2) is 21.7 Å². The van der Waals surface area contributed by atoms with Gasteiger partial charge in [0.1, 0.15) is 0 Å². The van der Waals surface area contributed by atoms with Gasteiger partial charge in [-0.1, -0.05) is 55.5 Å². The molecule has 1 unspecified atom stereocenters. The second kappa shape index (κ2) is 5.97. The Hall–Kier alpha value is -2.46. The molecule has 4 nitrogen and oxygen atoms in total. The van der Waals surface area contributed by atoms with Gasteiger partial charge in [0.05, 0.1) is 0 Å². The Kier molecular flexibility index (Phi) is 4.01. The second-order valence-electron chi connectivity index (χ2n) is 5.81. The Morgan fingerprint density at radius 1 is 1.17 bits per heavy atom. The molecule has 1 atom stereocenters. The summed E-state index contributed by atoms with van der Waals surface area (Å²) < 4.78 is 0. The predicted octanol–water partition coefficient (Wildman–Crippen LogP) is 3.45. The van der Waals surface area contributed by atoms with Crippen LogP contribution in [-0.2, 0) is 5.72 Å². The topological polar surface area (TPSA) is 52.9 Å². The van der Waals surface area contributed by atoms with Crippen molar-refractivity contribution in [3.05, 3.63) is 71.3 Å². The third kappa shape index (κ3) is 2.66. The van der Waals surface area contributed by atoms with Crippen molar-refractivity contribution in [1.82, 2.24) is 5.01 Å². The maximum Gasteiger partial charge on any atom is 0.277 e. The molecular formula is C19H20N2O2. The van der Waals surface area contributed by atoms with Gasteiger partial charge in [0, 0.05) is 23.3 Å². The van der Waals surface area contributed by atoms with Crippen LogP contribution in [0.4, 0.5) is 0 Å². The molecule has 0 fully saturated rings. The van der Waals surface area contributed by atoms with Gasteiger partial charge in [-0.3, -0.25) is 4.79 Å². The summed E-state index contributed by atoms with van der Waals surface area (Å²) in [5.74, 6) is -0.280. The summed E-state index contributed by atoms with van der Waals surface area (Å²) in [7, 11) is 0. The van der Waals surface area contributed by atoms with E-state index in [2.05, 4.69) is 5.10 Å². The molecule has 1 aliphatic rings. The first kappa shape index (κ1) is 15.4. The Morgan fingerprint density at radius 3 is 2.48 bits per heavy atom. The Balaban J connectivity index is 2.05.